The first kappa shape index (κ1) is 13.6. The number of hydrogen-bond donors (Lipinski definition) is 2. The van der Waals surface area contributed by atoms with Gasteiger partial charge in [0.2, 0.25) is 11.7 Å². The zero-order chi connectivity index (χ0) is 14.0. The average Bonchev–Trinajstić information content (AvgIpc) is 2.75. The van der Waals surface area contributed by atoms with Crippen LogP contribution in [0.4, 0.5) is 0 Å². The molecule has 0 fully saturated rings. The van der Waals surface area contributed by atoms with Gasteiger partial charge in [0.1, 0.15) is 0 Å². The fourth-order valence-electron chi connectivity index (χ4n) is 1.81. The lowest BCUT2D eigenvalue weighted by Gasteiger charge is -2.17. The fraction of sp³-hybridized carbons (Fsp3) is 0.462. The molecular weight excluding hydrogens is 244 g/mol. The summed E-state index contributed by atoms with van der Waals surface area (Å²) in [5, 5.41) is 13.8. The average molecular weight is 262 g/mol. The first-order valence-electron chi connectivity index (χ1n) is 6.10. The molecule has 2 aromatic rings. The Morgan fingerprint density at radius 1 is 1.26 bits per heavy atom. The van der Waals surface area contributed by atoms with Crippen molar-refractivity contribution in [2.75, 3.05) is 6.54 Å². The Bertz CT molecular complexity index is 558. The van der Waals surface area contributed by atoms with Gasteiger partial charge >= 0.3 is 0 Å². The van der Waals surface area contributed by atoms with Crippen LogP contribution in [-0.4, -0.2) is 32.4 Å². The molecule has 0 aromatic carbocycles. The Morgan fingerprint density at radius 2 is 1.89 bits per heavy atom. The molecule has 19 heavy (non-hydrogen) atoms. The molecule has 0 aliphatic rings. The minimum absolute atomic E-state index is 0.137. The Hall–Kier alpha value is -1.79. The zero-order valence-corrected chi connectivity index (χ0v) is 11.3. The molecule has 6 heteroatoms. The van der Waals surface area contributed by atoms with Gasteiger partial charge in [-0.2, -0.15) is 4.98 Å². The van der Waals surface area contributed by atoms with Crippen molar-refractivity contribution in [3.8, 4) is 11.4 Å². The summed E-state index contributed by atoms with van der Waals surface area (Å²) in [6.07, 6.45) is 0.236. The zero-order valence-electron chi connectivity index (χ0n) is 11.3. The summed E-state index contributed by atoms with van der Waals surface area (Å²) in [6, 6.07) is 3.78. The van der Waals surface area contributed by atoms with Crippen molar-refractivity contribution in [1.82, 2.24) is 15.1 Å². The first-order valence-corrected chi connectivity index (χ1v) is 6.10. The molecule has 0 aliphatic heterocycles. The number of aromatic nitrogens is 3. The largest absolute Gasteiger partial charge is 0.388 e. The van der Waals surface area contributed by atoms with E-state index in [0.29, 0.717) is 11.7 Å². The molecule has 2 aromatic heterocycles. The number of rotatable bonds is 4. The number of nitrogens with zero attached hydrogens (tertiary/aromatic N) is 3. The normalized spacial score (nSPS) is 14.4. The lowest BCUT2D eigenvalue weighted by Crippen LogP contribution is -2.36. The maximum atomic E-state index is 9.88. The van der Waals surface area contributed by atoms with Crippen LogP contribution in [0.15, 0.2) is 16.7 Å². The van der Waals surface area contributed by atoms with E-state index in [1.165, 1.54) is 0 Å². The van der Waals surface area contributed by atoms with Crippen LogP contribution in [0.5, 0.6) is 0 Å². The van der Waals surface area contributed by atoms with Crippen LogP contribution in [0.2, 0.25) is 0 Å². The van der Waals surface area contributed by atoms with Crippen LogP contribution in [0.3, 0.4) is 0 Å². The van der Waals surface area contributed by atoms with Gasteiger partial charge in [-0.3, -0.25) is 4.98 Å². The minimum atomic E-state index is -1.03. The number of aliphatic hydroxyl groups is 1. The second kappa shape index (κ2) is 5.07. The summed E-state index contributed by atoms with van der Waals surface area (Å²) < 4.78 is 5.14. The second-order valence-corrected chi connectivity index (χ2v) is 5.03. The quantitative estimate of drug-likeness (QED) is 0.853. The van der Waals surface area contributed by atoms with Gasteiger partial charge in [-0.25, -0.2) is 0 Å². The molecule has 0 saturated carbocycles. The van der Waals surface area contributed by atoms with Gasteiger partial charge in [-0.05, 0) is 32.9 Å². The molecule has 0 bridgehead atoms. The molecule has 0 aliphatic carbocycles. The highest BCUT2D eigenvalue weighted by Crippen LogP contribution is 2.19. The van der Waals surface area contributed by atoms with E-state index in [2.05, 4.69) is 15.1 Å². The Balaban J connectivity index is 2.25. The molecule has 0 radical (unpaired) electrons. The summed E-state index contributed by atoms with van der Waals surface area (Å²) in [5.41, 5.74) is 7.08. The van der Waals surface area contributed by atoms with Crippen LogP contribution in [0.25, 0.3) is 11.4 Å². The molecule has 0 saturated heterocycles. The minimum Gasteiger partial charge on any atom is -0.388 e. The Morgan fingerprint density at radius 3 is 2.47 bits per heavy atom. The van der Waals surface area contributed by atoms with Gasteiger partial charge in [0, 0.05) is 23.5 Å². The van der Waals surface area contributed by atoms with Gasteiger partial charge in [-0.1, -0.05) is 5.16 Å². The van der Waals surface area contributed by atoms with Crippen LogP contribution >= 0.6 is 0 Å². The Kier molecular flexibility index (Phi) is 3.64. The first-order chi connectivity index (χ1) is 8.89. The van der Waals surface area contributed by atoms with E-state index >= 15 is 0 Å². The lowest BCUT2D eigenvalue weighted by molar-refractivity contribution is 0.0610. The van der Waals surface area contributed by atoms with Crippen LogP contribution in [0, 0.1) is 13.8 Å². The van der Waals surface area contributed by atoms with Crippen molar-refractivity contribution >= 4 is 0 Å². The summed E-state index contributed by atoms with van der Waals surface area (Å²) in [7, 11) is 0. The topological polar surface area (TPSA) is 98.1 Å². The van der Waals surface area contributed by atoms with Crippen molar-refractivity contribution in [3.05, 3.63) is 29.4 Å². The van der Waals surface area contributed by atoms with Crippen LogP contribution in [0.1, 0.15) is 24.2 Å². The molecule has 0 amide bonds. The molecule has 102 valence electrons. The van der Waals surface area contributed by atoms with Crippen LogP contribution < -0.4 is 5.73 Å². The molecule has 2 heterocycles. The van der Waals surface area contributed by atoms with Crippen molar-refractivity contribution in [3.63, 3.8) is 0 Å². The monoisotopic (exact) mass is 262 g/mol. The molecule has 2 rings (SSSR count). The predicted octanol–water partition coefficient (Wildman–Crippen LogP) is 1.00. The van der Waals surface area contributed by atoms with E-state index in [1.54, 1.807) is 6.92 Å². The molecule has 3 N–H and O–H groups in total. The van der Waals surface area contributed by atoms with Crippen molar-refractivity contribution in [2.24, 2.45) is 5.73 Å². The number of pyridine rings is 1. The highest BCUT2D eigenvalue weighted by molar-refractivity contribution is 5.55. The van der Waals surface area contributed by atoms with Gasteiger partial charge in [0.05, 0.1) is 12.0 Å². The molecule has 1 unspecified atom stereocenters. The number of aryl methyl sites for hydroxylation is 2. The van der Waals surface area contributed by atoms with E-state index < -0.39 is 5.60 Å². The molecular formula is C13H18N4O2. The highest BCUT2D eigenvalue weighted by atomic mass is 16.5. The van der Waals surface area contributed by atoms with E-state index in [0.717, 1.165) is 17.0 Å². The van der Waals surface area contributed by atoms with Gasteiger partial charge in [-0.15, -0.1) is 0 Å². The third-order valence-electron chi connectivity index (χ3n) is 2.78. The van der Waals surface area contributed by atoms with E-state index in [9.17, 15) is 5.11 Å². The smallest absolute Gasteiger partial charge is 0.229 e. The predicted molar refractivity (Wildman–Crippen MR) is 70.4 cm³/mol. The maximum absolute atomic E-state index is 9.88. The number of nitrogens with two attached hydrogens (primary N) is 1. The third kappa shape index (κ3) is 3.36. The summed E-state index contributed by atoms with van der Waals surface area (Å²) in [6.45, 7) is 5.60. The second-order valence-electron chi connectivity index (χ2n) is 5.03. The Labute approximate surface area is 111 Å². The summed E-state index contributed by atoms with van der Waals surface area (Å²) >= 11 is 0. The van der Waals surface area contributed by atoms with Gasteiger partial charge in [0.25, 0.3) is 0 Å². The van der Waals surface area contributed by atoms with Crippen LogP contribution in [-0.2, 0) is 6.42 Å². The lowest BCUT2D eigenvalue weighted by atomic mass is 10.0. The van der Waals surface area contributed by atoms with E-state index in [1.807, 2.05) is 26.0 Å². The van der Waals surface area contributed by atoms with Gasteiger partial charge in [0.15, 0.2) is 0 Å². The summed E-state index contributed by atoms with van der Waals surface area (Å²) in [5.74, 6) is 0.869. The van der Waals surface area contributed by atoms with E-state index in [4.69, 9.17) is 10.3 Å². The number of hydrogen-bond acceptors (Lipinski definition) is 6. The molecule has 0 spiro atoms. The summed E-state index contributed by atoms with van der Waals surface area (Å²) in [4.78, 5) is 8.57. The van der Waals surface area contributed by atoms with Crippen molar-refractivity contribution < 1.29 is 9.63 Å². The molecule has 6 nitrogen and oxygen atoms in total. The highest BCUT2D eigenvalue weighted by Gasteiger charge is 2.23. The van der Waals surface area contributed by atoms with Gasteiger partial charge < -0.3 is 15.4 Å². The SMILES string of the molecule is Cc1cc(-c2noc(CC(C)(O)CN)n2)cc(C)n1. The van der Waals surface area contributed by atoms with E-state index in [-0.39, 0.29) is 13.0 Å². The third-order valence-corrected chi connectivity index (χ3v) is 2.78. The van der Waals surface area contributed by atoms with Crippen molar-refractivity contribution in [1.29, 1.82) is 0 Å². The standard InChI is InChI=1S/C13H18N4O2/c1-8-4-10(5-9(2)15-8)12-16-11(19-17-12)6-13(3,18)7-14/h4-5,18H,6-7,14H2,1-3H3. The fourth-order valence-corrected chi connectivity index (χ4v) is 1.81. The molecule has 1 atom stereocenters. The maximum Gasteiger partial charge on any atom is 0.229 e. The van der Waals surface area contributed by atoms with Crippen molar-refractivity contribution in [2.45, 2.75) is 32.8 Å².